The molecule has 0 aliphatic carbocycles. The van der Waals surface area contributed by atoms with Crippen molar-refractivity contribution in [3.05, 3.63) is 6.67 Å². The van der Waals surface area contributed by atoms with Gasteiger partial charge in [-0.2, -0.15) is 0 Å². The van der Waals surface area contributed by atoms with Gasteiger partial charge in [0.15, 0.2) is 6.67 Å². The highest BCUT2D eigenvalue weighted by molar-refractivity contribution is 4.40. The minimum absolute atomic E-state index is 0.472. The first-order chi connectivity index (χ1) is 2.41. The van der Waals surface area contributed by atoms with E-state index in [1.54, 1.807) is 0 Å². The third-order valence-electron chi connectivity index (χ3n) is 0.344. The van der Waals surface area contributed by atoms with Gasteiger partial charge in [-0.25, -0.2) is 4.39 Å². The van der Waals surface area contributed by atoms with Crippen molar-refractivity contribution in [2.75, 3.05) is 0 Å². The molecule has 0 heterocycles. The second-order valence-electron chi connectivity index (χ2n) is 0.884. The maximum atomic E-state index is 10.7. The first-order valence-corrected chi connectivity index (χ1v) is 1.75. The molecule has 0 aliphatic rings. The summed E-state index contributed by atoms with van der Waals surface area (Å²) in [5.41, 5.74) is 0. The highest BCUT2D eigenvalue weighted by Gasteiger charge is 1.74. The second-order valence-corrected chi connectivity index (χ2v) is 0.884. The molecule has 0 rings (SSSR count). The van der Waals surface area contributed by atoms with Gasteiger partial charge in [-0.15, -0.1) is 0 Å². The largest absolute Gasteiger partial charge is 0.236 e. The molecule has 0 saturated carbocycles. The van der Waals surface area contributed by atoms with Crippen LogP contribution in [-0.2, 0) is 0 Å². The van der Waals surface area contributed by atoms with Crippen molar-refractivity contribution < 1.29 is 4.39 Å². The summed E-state index contributed by atoms with van der Waals surface area (Å²) < 4.78 is 10.7. The second kappa shape index (κ2) is 3.93. The summed E-state index contributed by atoms with van der Waals surface area (Å²) in [5, 5.41) is 0. The lowest BCUT2D eigenvalue weighted by atomic mass is 10.4. The minimum atomic E-state index is 0.472. The normalized spacial score (nSPS) is 8.40. The van der Waals surface area contributed by atoms with Gasteiger partial charge in [0.2, 0.25) is 0 Å². The van der Waals surface area contributed by atoms with E-state index in [9.17, 15) is 4.39 Å². The van der Waals surface area contributed by atoms with Crippen LogP contribution in [0.5, 0.6) is 0 Å². The van der Waals surface area contributed by atoms with Gasteiger partial charge in [0.05, 0.1) is 0 Å². The Bertz CT molecular complexity index is 11.1. The monoisotopic (exact) mass is 74.1 g/mol. The van der Waals surface area contributed by atoms with Crippen LogP contribution in [0.3, 0.4) is 0 Å². The zero-order valence-electron chi connectivity index (χ0n) is 3.29. The van der Waals surface area contributed by atoms with Crippen LogP contribution < -0.4 is 0 Å². The van der Waals surface area contributed by atoms with E-state index in [-0.39, 0.29) is 0 Å². The van der Waals surface area contributed by atoms with Crippen LogP contribution in [0.25, 0.3) is 0 Å². The fourth-order valence-corrected chi connectivity index (χ4v) is 0.0945. The molecule has 5 heavy (non-hydrogen) atoms. The zero-order valence-corrected chi connectivity index (χ0v) is 3.29. The lowest BCUT2D eigenvalue weighted by Crippen LogP contribution is -1.58. The Kier molecular flexibility index (Phi) is 3.87. The Morgan fingerprint density at radius 3 is 2.40 bits per heavy atom. The molecular weight excluding hydrogens is 67.0 g/mol. The highest BCUT2D eigenvalue weighted by Crippen LogP contribution is 1.89. The fraction of sp³-hybridized carbons (Fsp3) is 0.750. The number of hydrogen-bond donors (Lipinski definition) is 0. The molecule has 0 fully saturated rings. The average molecular weight is 74.1 g/mol. The third-order valence-corrected chi connectivity index (χ3v) is 0.344. The number of halogens is 1. The Morgan fingerprint density at radius 1 is 1.80 bits per heavy atom. The molecule has 0 aromatic heterocycles. The summed E-state index contributed by atoms with van der Waals surface area (Å²) >= 11 is 0. The smallest absolute Gasteiger partial charge is 0.185 e. The minimum Gasteiger partial charge on any atom is -0.236 e. The number of rotatable bonds is 2. The molecule has 0 unspecified atom stereocenters. The van der Waals surface area contributed by atoms with Gasteiger partial charge in [-0.05, 0) is 6.42 Å². The number of hydrogen-bond acceptors (Lipinski definition) is 0. The predicted molar refractivity (Wildman–Crippen MR) is 19.3 cm³/mol. The van der Waals surface area contributed by atoms with Crippen LogP contribution in [0.15, 0.2) is 0 Å². The molecule has 30 valence electrons. The molecule has 0 aliphatic heterocycles. The van der Waals surface area contributed by atoms with Gasteiger partial charge in [0.25, 0.3) is 0 Å². The zero-order chi connectivity index (χ0) is 4.12. The molecule has 2 radical (unpaired) electrons. The van der Waals surface area contributed by atoms with Crippen LogP contribution in [-0.4, -0.2) is 0 Å². The summed E-state index contributed by atoms with van der Waals surface area (Å²) in [4.78, 5) is 0. The van der Waals surface area contributed by atoms with E-state index in [1.807, 2.05) is 6.92 Å². The molecule has 0 aromatic rings. The summed E-state index contributed by atoms with van der Waals surface area (Å²) in [6.45, 7) is 3.43. The van der Waals surface area contributed by atoms with E-state index in [0.717, 1.165) is 6.42 Å². The first-order valence-electron chi connectivity index (χ1n) is 1.75. The molecular formula is C4H7F. The van der Waals surface area contributed by atoms with Crippen molar-refractivity contribution >= 4 is 0 Å². The predicted octanol–water partition coefficient (Wildman–Crippen LogP) is 1.79. The van der Waals surface area contributed by atoms with Gasteiger partial charge < -0.3 is 0 Å². The van der Waals surface area contributed by atoms with E-state index in [2.05, 4.69) is 0 Å². The van der Waals surface area contributed by atoms with Gasteiger partial charge in [0, 0.05) is 0 Å². The SMILES string of the molecule is CCC[C]F. The van der Waals surface area contributed by atoms with E-state index in [1.165, 1.54) is 6.67 Å². The number of unbranched alkanes of at least 4 members (excludes halogenated alkanes) is 1. The summed E-state index contributed by atoms with van der Waals surface area (Å²) in [7, 11) is 0. The van der Waals surface area contributed by atoms with E-state index < -0.39 is 0 Å². The maximum Gasteiger partial charge on any atom is 0.185 e. The molecule has 0 amide bonds. The van der Waals surface area contributed by atoms with Gasteiger partial charge in [-0.3, -0.25) is 0 Å². The standard InChI is InChI=1S/C4H7F/c1-2-3-4-5/h2-3H2,1H3. The fourth-order valence-electron chi connectivity index (χ4n) is 0.0945. The molecule has 0 aromatic carbocycles. The molecule has 0 bridgehead atoms. The van der Waals surface area contributed by atoms with Crippen LogP contribution in [0.4, 0.5) is 4.39 Å². The lowest BCUT2D eigenvalue weighted by molar-refractivity contribution is 0.570. The highest BCUT2D eigenvalue weighted by atomic mass is 19.1. The average Bonchev–Trinajstić information content (AvgIpc) is 1.41. The van der Waals surface area contributed by atoms with Crippen molar-refractivity contribution in [3.8, 4) is 0 Å². The molecule has 0 atom stereocenters. The topological polar surface area (TPSA) is 0 Å². The molecule has 0 saturated heterocycles. The quantitative estimate of drug-likeness (QED) is 0.468. The van der Waals surface area contributed by atoms with Gasteiger partial charge in [0.1, 0.15) is 0 Å². The van der Waals surface area contributed by atoms with Crippen molar-refractivity contribution in [1.29, 1.82) is 0 Å². The molecule has 0 N–H and O–H groups in total. The van der Waals surface area contributed by atoms with Gasteiger partial charge >= 0.3 is 0 Å². The van der Waals surface area contributed by atoms with E-state index >= 15 is 0 Å². The van der Waals surface area contributed by atoms with Crippen LogP contribution in [0, 0.1) is 6.67 Å². The van der Waals surface area contributed by atoms with Crippen molar-refractivity contribution in [1.82, 2.24) is 0 Å². The van der Waals surface area contributed by atoms with E-state index in [0.29, 0.717) is 6.42 Å². The summed E-state index contributed by atoms with van der Waals surface area (Å²) in [6, 6.07) is 0. The molecule has 1 heteroatoms. The molecule has 0 spiro atoms. The van der Waals surface area contributed by atoms with Crippen molar-refractivity contribution in [3.63, 3.8) is 0 Å². The first kappa shape index (κ1) is 4.93. The Labute approximate surface area is 32.0 Å². The lowest BCUT2D eigenvalue weighted by Gasteiger charge is -1.73. The van der Waals surface area contributed by atoms with E-state index in [4.69, 9.17) is 0 Å². The van der Waals surface area contributed by atoms with Gasteiger partial charge in [-0.1, -0.05) is 13.3 Å². The Morgan fingerprint density at radius 2 is 2.40 bits per heavy atom. The summed E-state index contributed by atoms with van der Waals surface area (Å²) in [6.07, 6.45) is 1.33. The van der Waals surface area contributed by atoms with Crippen LogP contribution in [0.2, 0.25) is 0 Å². The van der Waals surface area contributed by atoms with Crippen molar-refractivity contribution in [2.24, 2.45) is 0 Å². The Balaban J connectivity index is 2.19. The Hall–Kier alpha value is -0.0700. The van der Waals surface area contributed by atoms with Crippen molar-refractivity contribution in [2.45, 2.75) is 19.8 Å². The van der Waals surface area contributed by atoms with Crippen LogP contribution >= 0.6 is 0 Å². The molecule has 0 nitrogen and oxygen atoms in total. The van der Waals surface area contributed by atoms with Crippen LogP contribution in [0.1, 0.15) is 19.8 Å². The summed E-state index contributed by atoms with van der Waals surface area (Å²) in [5.74, 6) is 0. The third kappa shape index (κ3) is 3.93. The maximum absolute atomic E-state index is 10.7.